The van der Waals surface area contributed by atoms with E-state index in [-0.39, 0.29) is 0 Å². The van der Waals surface area contributed by atoms with E-state index < -0.39 is 12.7 Å². The second kappa shape index (κ2) is 6.90. The first kappa shape index (κ1) is 15.1. The summed E-state index contributed by atoms with van der Waals surface area (Å²) in [5.41, 5.74) is 0. The van der Waals surface area contributed by atoms with Gasteiger partial charge >= 0.3 is 6.18 Å². The van der Waals surface area contributed by atoms with E-state index in [1.54, 1.807) is 0 Å². The molecule has 2 rings (SSSR count). The van der Waals surface area contributed by atoms with Crippen LogP contribution in [0.4, 0.5) is 13.2 Å². The molecule has 0 radical (unpaired) electrons. The van der Waals surface area contributed by atoms with Crippen LogP contribution >= 0.6 is 0 Å². The van der Waals surface area contributed by atoms with Crippen molar-refractivity contribution in [2.24, 2.45) is 5.92 Å². The van der Waals surface area contributed by atoms with Crippen molar-refractivity contribution >= 4 is 0 Å². The molecule has 0 saturated carbocycles. The van der Waals surface area contributed by atoms with Gasteiger partial charge in [0.2, 0.25) is 0 Å². The summed E-state index contributed by atoms with van der Waals surface area (Å²) in [5, 5.41) is 3.47. The molecule has 0 amide bonds. The molecule has 6 heteroatoms. The molecule has 0 aromatic rings. The van der Waals surface area contributed by atoms with Crippen molar-refractivity contribution in [3.63, 3.8) is 0 Å². The van der Waals surface area contributed by atoms with E-state index in [1.165, 1.54) is 4.90 Å². The second-order valence-corrected chi connectivity index (χ2v) is 5.64. The zero-order valence-electron chi connectivity index (χ0n) is 11.2. The Bertz CT molecular complexity index is 259. The van der Waals surface area contributed by atoms with Gasteiger partial charge in [-0.05, 0) is 51.2 Å². The molecule has 1 unspecified atom stereocenters. The molecule has 1 atom stereocenters. The van der Waals surface area contributed by atoms with Gasteiger partial charge in [0.05, 0.1) is 6.54 Å². The molecule has 0 bridgehead atoms. The molecule has 2 aliphatic heterocycles. The van der Waals surface area contributed by atoms with Gasteiger partial charge in [0.25, 0.3) is 0 Å². The normalized spacial score (nSPS) is 27.0. The molecule has 1 N–H and O–H groups in total. The van der Waals surface area contributed by atoms with Gasteiger partial charge in [0, 0.05) is 19.3 Å². The number of nitrogens with zero attached hydrogens (tertiary/aromatic N) is 1. The summed E-state index contributed by atoms with van der Waals surface area (Å²) >= 11 is 0. The highest BCUT2D eigenvalue weighted by Gasteiger charge is 2.32. The van der Waals surface area contributed by atoms with Gasteiger partial charge in [-0.2, -0.15) is 13.2 Å². The van der Waals surface area contributed by atoms with Gasteiger partial charge in [-0.25, -0.2) is 0 Å². The fraction of sp³-hybridized carbons (Fsp3) is 1.00. The first-order chi connectivity index (χ1) is 9.03. The highest BCUT2D eigenvalue weighted by molar-refractivity contribution is 4.79. The number of rotatable bonds is 5. The quantitative estimate of drug-likeness (QED) is 0.834. The number of alkyl halides is 3. The van der Waals surface area contributed by atoms with Crippen molar-refractivity contribution in [1.82, 2.24) is 10.2 Å². The van der Waals surface area contributed by atoms with Crippen LogP contribution < -0.4 is 5.32 Å². The average molecular weight is 280 g/mol. The predicted molar refractivity (Wildman–Crippen MR) is 67.1 cm³/mol. The Balaban J connectivity index is 1.55. The Morgan fingerprint density at radius 2 is 1.89 bits per heavy atom. The summed E-state index contributed by atoms with van der Waals surface area (Å²) in [6.07, 6.45) is -0.175. The maximum Gasteiger partial charge on any atom is 0.401 e. The Morgan fingerprint density at radius 3 is 2.47 bits per heavy atom. The topological polar surface area (TPSA) is 24.5 Å². The zero-order valence-corrected chi connectivity index (χ0v) is 11.2. The molecular formula is C13H23F3N2O. The third kappa shape index (κ3) is 5.67. The minimum Gasteiger partial charge on any atom is -0.381 e. The zero-order chi connectivity index (χ0) is 13.7. The van der Waals surface area contributed by atoms with Gasteiger partial charge in [0.15, 0.2) is 0 Å². The number of hydrogen-bond acceptors (Lipinski definition) is 3. The van der Waals surface area contributed by atoms with Gasteiger partial charge in [-0.15, -0.1) is 0 Å². The number of ether oxygens (including phenoxy) is 1. The average Bonchev–Trinajstić information content (AvgIpc) is 2.82. The lowest BCUT2D eigenvalue weighted by molar-refractivity contribution is -0.148. The Kier molecular flexibility index (Phi) is 5.47. The molecule has 0 spiro atoms. The van der Waals surface area contributed by atoms with E-state index in [2.05, 4.69) is 5.32 Å². The second-order valence-electron chi connectivity index (χ2n) is 5.64. The third-order valence-corrected chi connectivity index (χ3v) is 4.00. The largest absolute Gasteiger partial charge is 0.401 e. The molecule has 3 nitrogen and oxygen atoms in total. The minimum atomic E-state index is -4.07. The smallest absolute Gasteiger partial charge is 0.381 e. The van der Waals surface area contributed by atoms with Crippen LogP contribution in [0.5, 0.6) is 0 Å². The molecule has 2 heterocycles. The molecule has 19 heavy (non-hydrogen) atoms. The van der Waals surface area contributed by atoms with E-state index in [0.717, 1.165) is 45.4 Å². The fourth-order valence-electron chi connectivity index (χ4n) is 2.85. The van der Waals surface area contributed by atoms with Crippen molar-refractivity contribution in [2.75, 3.05) is 39.4 Å². The molecule has 2 saturated heterocycles. The van der Waals surface area contributed by atoms with Crippen LogP contribution in [0.1, 0.15) is 25.7 Å². The summed E-state index contributed by atoms with van der Waals surface area (Å²) in [5.74, 6) is 0.665. The van der Waals surface area contributed by atoms with E-state index in [1.807, 2.05) is 0 Å². The lowest BCUT2D eigenvalue weighted by atomic mass is 10.0. The number of halogens is 3. The number of piperidine rings is 1. The minimum absolute atomic E-state index is 0.381. The van der Waals surface area contributed by atoms with Crippen LogP contribution in [0.3, 0.4) is 0 Å². The summed E-state index contributed by atoms with van der Waals surface area (Å²) in [4.78, 5) is 1.50. The van der Waals surface area contributed by atoms with Crippen LogP contribution in [-0.4, -0.2) is 56.5 Å². The van der Waals surface area contributed by atoms with Crippen LogP contribution in [0, 0.1) is 5.92 Å². The molecule has 2 aliphatic rings. The Hall–Kier alpha value is -0.330. The molecule has 0 aliphatic carbocycles. The molecule has 2 fully saturated rings. The first-order valence-corrected chi connectivity index (χ1v) is 7.13. The molecule has 0 aromatic heterocycles. The summed E-state index contributed by atoms with van der Waals surface area (Å²) in [6.45, 7) is 3.02. The molecule has 112 valence electrons. The standard InChI is InChI=1S/C13H23F3N2O/c14-13(15,16)10-18-6-2-12(3-7-18)17-5-1-11-4-8-19-9-11/h11-12,17H,1-10H2. The van der Waals surface area contributed by atoms with Gasteiger partial charge in [-0.3, -0.25) is 4.90 Å². The van der Waals surface area contributed by atoms with Gasteiger partial charge in [-0.1, -0.05) is 0 Å². The maximum absolute atomic E-state index is 12.2. The molecule has 0 aromatic carbocycles. The van der Waals surface area contributed by atoms with Crippen LogP contribution in [0.25, 0.3) is 0 Å². The van der Waals surface area contributed by atoms with E-state index >= 15 is 0 Å². The van der Waals surface area contributed by atoms with Crippen LogP contribution in [0.15, 0.2) is 0 Å². The maximum atomic E-state index is 12.2. The highest BCUT2D eigenvalue weighted by Crippen LogP contribution is 2.20. The first-order valence-electron chi connectivity index (χ1n) is 7.13. The lowest BCUT2D eigenvalue weighted by Crippen LogP contribution is -2.45. The Labute approximate surface area is 112 Å². The lowest BCUT2D eigenvalue weighted by Gasteiger charge is -2.33. The van der Waals surface area contributed by atoms with Crippen molar-refractivity contribution in [3.8, 4) is 0 Å². The van der Waals surface area contributed by atoms with Crippen molar-refractivity contribution in [1.29, 1.82) is 0 Å². The van der Waals surface area contributed by atoms with Crippen molar-refractivity contribution < 1.29 is 17.9 Å². The Morgan fingerprint density at radius 1 is 1.16 bits per heavy atom. The van der Waals surface area contributed by atoms with Crippen molar-refractivity contribution in [3.05, 3.63) is 0 Å². The summed E-state index contributed by atoms with van der Waals surface area (Å²) < 4.78 is 42.0. The summed E-state index contributed by atoms with van der Waals surface area (Å²) in [7, 11) is 0. The van der Waals surface area contributed by atoms with E-state index in [4.69, 9.17) is 4.74 Å². The summed E-state index contributed by atoms with van der Waals surface area (Å²) in [6, 6.07) is 0.381. The SMILES string of the molecule is FC(F)(F)CN1CCC(NCCC2CCOC2)CC1. The van der Waals surface area contributed by atoms with Gasteiger partial charge < -0.3 is 10.1 Å². The van der Waals surface area contributed by atoms with Gasteiger partial charge in [0.1, 0.15) is 0 Å². The number of hydrogen-bond donors (Lipinski definition) is 1. The predicted octanol–water partition coefficient (Wildman–Crippen LogP) is 2.03. The fourth-order valence-corrected chi connectivity index (χ4v) is 2.85. The third-order valence-electron chi connectivity index (χ3n) is 4.00. The van der Waals surface area contributed by atoms with E-state index in [9.17, 15) is 13.2 Å². The molecular weight excluding hydrogens is 257 g/mol. The monoisotopic (exact) mass is 280 g/mol. The van der Waals surface area contributed by atoms with Crippen LogP contribution in [0.2, 0.25) is 0 Å². The van der Waals surface area contributed by atoms with E-state index in [0.29, 0.717) is 25.0 Å². The van der Waals surface area contributed by atoms with Crippen LogP contribution in [-0.2, 0) is 4.74 Å². The highest BCUT2D eigenvalue weighted by atomic mass is 19.4. The van der Waals surface area contributed by atoms with Crippen molar-refractivity contribution in [2.45, 2.75) is 37.9 Å². The number of likely N-dealkylation sites (tertiary alicyclic amines) is 1. The number of nitrogens with one attached hydrogen (secondary N) is 1.